The van der Waals surface area contributed by atoms with Crippen LogP contribution >= 0.6 is 34.2 Å². The van der Waals surface area contributed by atoms with E-state index in [2.05, 4.69) is 38.1 Å². The minimum absolute atomic E-state index is 0.0395. The SMILES string of the molecule is O=C(NCCN1CCc2c(Cl)cccc2C1=O)c1ccc2n[nH]c(I)c2c1. The summed E-state index contributed by atoms with van der Waals surface area (Å²) in [6, 6.07) is 10.8. The normalized spacial score (nSPS) is 13.7. The quantitative estimate of drug-likeness (QED) is 0.547. The Bertz CT molecular complexity index is 1050. The molecule has 0 saturated heterocycles. The number of hydrogen-bond donors (Lipinski definition) is 2. The van der Waals surface area contributed by atoms with E-state index in [4.69, 9.17) is 11.6 Å². The number of aromatic amines is 1. The van der Waals surface area contributed by atoms with Crippen molar-refractivity contribution in [1.82, 2.24) is 20.4 Å². The Balaban J connectivity index is 1.38. The van der Waals surface area contributed by atoms with E-state index in [1.807, 2.05) is 18.2 Å². The second-order valence-electron chi connectivity index (χ2n) is 6.33. The summed E-state index contributed by atoms with van der Waals surface area (Å²) in [5, 5.41) is 11.5. The topological polar surface area (TPSA) is 78.1 Å². The van der Waals surface area contributed by atoms with Crippen molar-refractivity contribution in [2.24, 2.45) is 0 Å². The van der Waals surface area contributed by atoms with Crippen molar-refractivity contribution < 1.29 is 9.59 Å². The van der Waals surface area contributed by atoms with E-state index in [1.54, 1.807) is 23.1 Å². The summed E-state index contributed by atoms with van der Waals surface area (Å²) in [7, 11) is 0. The van der Waals surface area contributed by atoms with Gasteiger partial charge in [-0.15, -0.1) is 0 Å². The van der Waals surface area contributed by atoms with Crippen LogP contribution in [-0.4, -0.2) is 46.5 Å². The largest absolute Gasteiger partial charge is 0.350 e. The van der Waals surface area contributed by atoms with E-state index in [1.165, 1.54) is 0 Å². The fourth-order valence-electron chi connectivity index (χ4n) is 3.27. The number of carbonyl (C=O) groups excluding carboxylic acids is 2. The van der Waals surface area contributed by atoms with E-state index < -0.39 is 0 Å². The lowest BCUT2D eigenvalue weighted by Gasteiger charge is -2.29. The average Bonchev–Trinajstić information content (AvgIpc) is 3.04. The van der Waals surface area contributed by atoms with Crippen LogP contribution in [0.15, 0.2) is 36.4 Å². The first-order valence-corrected chi connectivity index (χ1v) is 9.99. The molecule has 2 aromatic carbocycles. The molecule has 1 aliphatic rings. The van der Waals surface area contributed by atoms with Gasteiger partial charge in [-0.2, -0.15) is 5.10 Å². The third kappa shape index (κ3) is 3.53. The van der Waals surface area contributed by atoms with Crippen LogP contribution in [-0.2, 0) is 6.42 Å². The lowest BCUT2D eigenvalue weighted by molar-refractivity contribution is 0.0733. The highest BCUT2D eigenvalue weighted by molar-refractivity contribution is 14.1. The second-order valence-corrected chi connectivity index (χ2v) is 7.82. The molecule has 1 aliphatic heterocycles. The molecule has 27 heavy (non-hydrogen) atoms. The zero-order valence-corrected chi connectivity index (χ0v) is 17.2. The van der Waals surface area contributed by atoms with E-state index in [9.17, 15) is 9.59 Å². The lowest BCUT2D eigenvalue weighted by Crippen LogP contribution is -2.42. The van der Waals surface area contributed by atoms with Crippen LogP contribution in [0.3, 0.4) is 0 Å². The number of H-pyrrole nitrogens is 1. The van der Waals surface area contributed by atoms with Crippen molar-refractivity contribution in [1.29, 1.82) is 0 Å². The minimum atomic E-state index is -0.165. The van der Waals surface area contributed by atoms with Gasteiger partial charge in [0.25, 0.3) is 11.8 Å². The summed E-state index contributed by atoms with van der Waals surface area (Å²) in [5.74, 6) is -0.204. The number of carbonyl (C=O) groups is 2. The standard InChI is InChI=1S/C19H16ClIN4O2/c20-15-3-1-2-13-12(15)6-8-25(19(13)27)9-7-22-18(26)11-4-5-16-14(10-11)17(21)24-23-16/h1-5,10H,6-9H2,(H,22,26)(H,23,24). The highest BCUT2D eigenvalue weighted by atomic mass is 127. The van der Waals surface area contributed by atoms with Crippen LogP contribution in [0.1, 0.15) is 26.3 Å². The monoisotopic (exact) mass is 494 g/mol. The molecule has 138 valence electrons. The zero-order chi connectivity index (χ0) is 19.0. The lowest BCUT2D eigenvalue weighted by atomic mass is 9.99. The maximum absolute atomic E-state index is 12.6. The summed E-state index contributed by atoms with van der Waals surface area (Å²) in [4.78, 5) is 26.8. The van der Waals surface area contributed by atoms with Crippen LogP contribution in [0.2, 0.25) is 5.02 Å². The predicted octanol–water partition coefficient (Wildman–Crippen LogP) is 3.25. The Kier molecular flexibility index (Phi) is 5.05. The summed E-state index contributed by atoms with van der Waals surface area (Å²) in [6.07, 6.45) is 0.726. The maximum Gasteiger partial charge on any atom is 0.254 e. The van der Waals surface area contributed by atoms with Crippen LogP contribution in [0.5, 0.6) is 0 Å². The molecule has 1 aromatic heterocycles. The van der Waals surface area contributed by atoms with Crippen LogP contribution < -0.4 is 5.32 Å². The first-order chi connectivity index (χ1) is 13.0. The van der Waals surface area contributed by atoms with Crippen molar-refractivity contribution in [3.8, 4) is 0 Å². The van der Waals surface area contributed by atoms with Gasteiger partial charge in [0, 0.05) is 41.2 Å². The van der Waals surface area contributed by atoms with Gasteiger partial charge in [-0.1, -0.05) is 17.7 Å². The molecule has 0 fully saturated rings. The van der Waals surface area contributed by atoms with E-state index >= 15 is 0 Å². The Hall–Kier alpha value is -2.13. The highest BCUT2D eigenvalue weighted by Crippen LogP contribution is 2.25. The molecule has 2 N–H and O–H groups in total. The Morgan fingerprint density at radius 1 is 1.33 bits per heavy atom. The molecule has 0 bridgehead atoms. The molecule has 4 rings (SSSR count). The van der Waals surface area contributed by atoms with Crippen molar-refractivity contribution in [3.05, 3.63) is 61.8 Å². The molecule has 3 aromatic rings. The first kappa shape index (κ1) is 18.2. The van der Waals surface area contributed by atoms with Gasteiger partial charge >= 0.3 is 0 Å². The fraction of sp³-hybridized carbons (Fsp3) is 0.211. The number of nitrogens with one attached hydrogen (secondary N) is 2. The summed E-state index contributed by atoms with van der Waals surface area (Å²) in [5.41, 5.74) is 2.96. The highest BCUT2D eigenvalue weighted by Gasteiger charge is 2.25. The van der Waals surface area contributed by atoms with Crippen LogP contribution in [0.4, 0.5) is 0 Å². The molecule has 6 nitrogen and oxygen atoms in total. The molecule has 8 heteroatoms. The van der Waals surface area contributed by atoms with Crippen molar-refractivity contribution >= 4 is 56.9 Å². The van der Waals surface area contributed by atoms with Crippen molar-refractivity contribution in [2.75, 3.05) is 19.6 Å². The van der Waals surface area contributed by atoms with Gasteiger partial charge in [0.1, 0.15) is 3.70 Å². The minimum Gasteiger partial charge on any atom is -0.350 e. The van der Waals surface area contributed by atoms with E-state index in [-0.39, 0.29) is 11.8 Å². The average molecular weight is 495 g/mol. The van der Waals surface area contributed by atoms with Gasteiger partial charge in [-0.05, 0) is 64.9 Å². The van der Waals surface area contributed by atoms with Gasteiger partial charge in [-0.25, -0.2) is 0 Å². The number of hydrogen-bond acceptors (Lipinski definition) is 3. The maximum atomic E-state index is 12.6. The molecule has 2 amide bonds. The second kappa shape index (κ2) is 7.47. The van der Waals surface area contributed by atoms with Crippen molar-refractivity contribution in [2.45, 2.75) is 6.42 Å². The number of benzene rings is 2. The number of aromatic nitrogens is 2. The molecule has 0 radical (unpaired) electrons. The molecule has 0 spiro atoms. The van der Waals surface area contributed by atoms with Gasteiger partial charge in [0.05, 0.1) is 5.52 Å². The number of rotatable bonds is 4. The third-order valence-electron chi connectivity index (χ3n) is 4.71. The number of fused-ring (bicyclic) bond motifs is 2. The Morgan fingerprint density at radius 2 is 2.19 bits per heavy atom. The van der Waals surface area contributed by atoms with Gasteiger partial charge < -0.3 is 10.2 Å². The Morgan fingerprint density at radius 3 is 3.04 bits per heavy atom. The molecule has 2 heterocycles. The van der Waals surface area contributed by atoms with Gasteiger partial charge in [-0.3, -0.25) is 14.7 Å². The smallest absolute Gasteiger partial charge is 0.254 e. The number of nitrogens with zero attached hydrogens (tertiary/aromatic N) is 2. The van der Waals surface area contributed by atoms with Crippen molar-refractivity contribution in [3.63, 3.8) is 0 Å². The molecular formula is C19H16ClIN4O2. The summed E-state index contributed by atoms with van der Waals surface area (Å²) < 4.78 is 0.897. The molecule has 0 atom stereocenters. The first-order valence-electron chi connectivity index (χ1n) is 8.53. The number of amides is 2. The molecule has 0 saturated carbocycles. The van der Waals surface area contributed by atoms with E-state index in [0.717, 1.165) is 26.6 Å². The summed E-state index contributed by atoms with van der Waals surface area (Å²) in [6.45, 7) is 1.45. The summed E-state index contributed by atoms with van der Waals surface area (Å²) >= 11 is 8.33. The van der Waals surface area contributed by atoms with Gasteiger partial charge in [0.2, 0.25) is 0 Å². The molecule has 0 aliphatic carbocycles. The number of halogens is 2. The zero-order valence-electron chi connectivity index (χ0n) is 14.3. The molecular weight excluding hydrogens is 479 g/mol. The fourth-order valence-corrected chi connectivity index (χ4v) is 4.09. The predicted molar refractivity (Wildman–Crippen MR) is 112 cm³/mol. The van der Waals surface area contributed by atoms with Crippen LogP contribution in [0, 0.1) is 3.70 Å². The van der Waals surface area contributed by atoms with E-state index in [0.29, 0.717) is 35.8 Å². The molecule has 0 unspecified atom stereocenters. The Labute approximate surface area is 174 Å². The van der Waals surface area contributed by atoms with Gasteiger partial charge in [0.15, 0.2) is 0 Å². The van der Waals surface area contributed by atoms with Crippen LogP contribution in [0.25, 0.3) is 10.9 Å². The third-order valence-corrected chi connectivity index (χ3v) is 5.88.